The van der Waals surface area contributed by atoms with Crippen LogP contribution in [0.15, 0.2) is 34.7 Å². The fourth-order valence-electron chi connectivity index (χ4n) is 2.35. The van der Waals surface area contributed by atoms with Crippen LogP contribution in [0.25, 0.3) is 23.2 Å². The van der Waals surface area contributed by atoms with Crippen molar-refractivity contribution in [1.82, 2.24) is 25.0 Å². The second-order valence-corrected chi connectivity index (χ2v) is 4.73. The highest BCUT2D eigenvalue weighted by Crippen LogP contribution is 2.23. The molecule has 0 radical (unpaired) electrons. The Bertz CT molecular complexity index is 750. The Morgan fingerprint density at radius 1 is 0.905 bits per heavy atom. The first-order chi connectivity index (χ1) is 10.4. The van der Waals surface area contributed by atoms with Crippen LogP contribution in [-0.4, -0.2) is 38.2 Å². The number of hydrogen-bond donors (Lipinski definition) is 0. The molecule has 0 N–H and O–H groups in total. The van der Waals surface area contributed by atoms with Gasteiger partial charge in [-0.15, -0.1) is 20.4 Å². The summed E-state index contributed by atoms with van der Waals surface area (Å²) in [6.45, 7) is 2.00. The van der Waals surface area contributed by atoms with Gasteiger partial charge in [0, 0.05) is 18.5 Å². The number of rotatable bonds is 2. The molecule has 3 aromatic rings. The summed E-state index contributed by atoms with van der Waals surface area (Å²) >= 11 is 0. The SMILES string of the molecule is c1ccc(-c2nnc(-c3nnc4n3CCOCC4)o2)cc1. The van der Waals surface area contributed by atoms with Crippen molar-refractivity contribution in [3.63, 3.8) is 0 Å². The number of hydrogen-bond acceptors (Lipinski definition) is 6. The van der Waals surface area contributed by atoms with Crippen LogP contribution in [0.4, 0.5) is 0 Å². The molecule has 1 aliphatic heterocycles. The van der Waals surface area contributed by atoms with Gasteiger partial charge in [0.25, 0.3) is 5.89 Å². The average molecular weight is 283 g/mol. The minimum Gasteiger partial charge on any atom is -0.413 e. The zero-order chi connectivity index (χ0) is 14.1. The van der Waals surface area contributed by atoms with E-state index in [0.29, 0.717) is 37.4 Å². The predicted octanol–water partition coefficient (Wildman–Crippen LogP) is 1.57. The molecule has 4 rings (SSSR count). The summed E-state index contributed by atoms with van der Waals surface area (Å²) in [6.07, 6.45) is 0.743. The fourth-order valence-corrected chi connectivity index (χ4v) is 2.35. The van der Waals surface area contributed by atoms with Gasteiger partial charge in [-0.25, -0.2) is 0 Å². The van der Waals surface area contributed by atoms with Crippen molar-refractivity contribution >= 4 is 0 Å². The molecule has 0 atom stereocenters. The molecule has 0 spiro atoms. The van der Waals surface area contributed by atoms with Crippen molar-refractivity contribution in [1.29, 1.82) is 0 Å². The van der Waals surface area contributed by atoms with Gasteiger partial charge >= 0.3 is 0 Å². The van der Waals surface area contributed by atoms with Gasteiger partial charge in [-0.2, -0.15) is 0 Å². The minimum atomic E-state index is 0.384. The van der Waals surface area contributed by atoms with Crippen LogP contribution in [0.5, 0.6) is 0 Å². The summed E-state index contributed by atoms with van der Waals surface area (Å²) in [4.78, 5) is 0. The van der Waals surface area contributed by atoms with E-state index in [0.717, 1.165) is 17.8 Å². The van der Waals surface area contributed by atoms with E-state index in [1.54, 1.807) is 0 Å². The zero-order valence-electron chi connectivity index (χ0n) is 11.3. The van der Waals surface area contributed by atoms with E-state index in [9.17, 15) is 0 Å². The quantitative estimate of drug-likeness (QED) is 0.710. The highest BCUT2D eigenvalue weighted by Gasteiger charge is 2.20. The van der Waals surface area contributed by atoms with Gasteiger partial charge in [0.2, 0.25) is 11.7 Å². The molecule has 21 heavy (non-hydrogen) atoms. The van der Waals surface area contributed by atoms with E-state index in [2.05, 4.69) is 20.4 Å². The first-order valence-electron chi connectivity index (χ1n) is 6.81. The van der Waals surface area contributed by atoms with E-state index < -0.39 is 0 Å². The highest BCUT2D eigenvalue weighted by atomic mass is 16.5. The Labute approximate surface area is 120 Å². The van der Waals surface area contributed by atoms with Gasteiger partial charge < -0.3 is 13.7 Å². The van der Waals surface area contributed by atoms with Crippen LogP contribution in [0.2, 0.25) is 0 Å². The Balaban J connectivity index is 1.72. The van der Waals surface area contributed by atoms with Crippen molar-refractivity contribution in [2.24, 2.45) is 0 Å². The molecular formula is C14H13N5O2. The lowest BCUT2D eigenvalue weighted by Crippen LogP contribution is -2.05. The second kappa shape index (κ2) is 5.10. The maximum Gasteiger partial charge on any atom is 0.286 e. The first kappa shape index (κ1) is 12.2. The number of benzene rings is 1. The van der Waals surface area contributed by atoms with E-state index >= 15 is 0 Å². The fraction of sp³-hybridized carbons (Fsp3) is 0.286. The van der Waals surface area contributed by atoms with Crippen molar-refractivity contribution in [3.8, 4) is 23.2 Å². The Hall–Kier alpha value is -2.54. The van der Waals surface area contributed by atoms with E-state index in [-0.39, 0.29) is 0 Å². The van der Waals surface area contributed by atoms with Gasteiger partial charge in [0.1, 0.15) is 5.82 Å². The number of aromatic nitrogens is 5. The van der Waals surface area contributed by atoms with Gasteiger partial charge in [-0.05, 0) is 12.1 Å². The van der Waals surface area contributed by atoms with Crippen LogP contribution in [0.3, 0.4) is 0 Å². The molecule has 3 heterocycles. The molecule has 0 saturated carbocycles. The predicted molar refractivity (Wildman–Crippen MR) is 73.3 cm³/mol. The summed E-state index contributed by atoms with van der Waals surface area (Å²) in [5, 5.41) is 16.5. The number of fused-ring (bicyclic) bond motifs is 1. The van der Waals surface area contributed by atoms with E-state index in [4.69, 9.17) is 9.15 Å². The maximum atomic E-state index is 5.73. The van der Waals surface area contributed by atoms with Crippen molar-refractivity contribution in [2.45, 2.75) is 13.0 Å². The minimum absolute atomic E-state index is 0.384. The third-order valence-corrected chi connectivity index (χ3v) is 3.39. The molecule has 7 heteroatoms. The van der Waals surface area contributed by atoms with Crippen molar-refractivity contribution in [3.05, 3.63) is 36.2 Å². The lowest BCUT2D eigenvalue weighted by Gasteiger charge is -2.02. The van der Waals surface area contributed by atoms with Crippen LogP contribution in [0, 0.1) is 0 Å². The van der Waals surface area contributed by atoms with Crippen LogP contribution < -0.4 is 0 Å². The second-order valence-electron chi connectivity index (χ2n) is 4.73. The molecule has 0 fully saturated rings. The third kappa shape index (κ3) is 2.21. The van der Waals surface area contributed by atoms with Gasteiger partial charge in [0.05, 0.1) is 13.2 Å². The summed E-state index contributed by atoms with van der Waals surface area (Å²) in [6, 6.07) is 9.66. The zero-order valence-corrected chi connectivity index (χ0v) is 11.3. The van der Waals surface area contributed by atoms with Crippen LogP contribution in [0.1, 0.15) is 5.82 Å². The van der Waals surface area contributed by atoms with Crippen molar-refractivity contribution < 1.29 is 9.15 Å². The Morgan fingerprint density at radius 3 is 2.67 bits per heavy atom. The molecule has 1 aliphatic rings. The van der Waals surface area contributed by atoms with Crippen molar-refractivity contribution in [2.75, 3.05) is 13.2 Å². The number of ether oxygens (including phenoxy) is 1. The molecule has 7 nitrogen and oxygen atoms in total. The molecular weight excluding hydrogens is 270 g/mol. The largest absolute Gasteiger partial charge is 0.413 e. The molecule has 0 bridgehead atoms. The summed E-state index contributed by atoms with van der Waals surface area (Å²) < 4.78 is 13.2. The first-order valence-corrected chi connectivity index (χ1v) is 6.81. The molecule has 2 aromatic heterocycles. The molecule has 106 valence electrons. The molecule has 1 aromatic carbocycles. The highest BCUT2D eigenvalue weighted by molar-refractivity contribution is 5.54. The van der Waals surface area contributed by atoms with Crippen LogP contribution in [-0.2, 0) is 17.7 Å². The summed E-state index contributed by atoms with van der Waals surface area (Å²) in [5.41, 5.74) is 0.884. The normalized spacial score (nSPS) is 14.7. The van der Waals surface area contributed by atoms with Crippen LogP contribution >= 0.6 is 0 Å². The summed E-state index contributed by atoms with van der Waals surface area (Å²) in [5.74, 6) is 2.36. The van der Waals surface area contributed by atoms with Gasteiger partial charge in [-0.3, -0.25) is 0 Å². The number of nitrogens with zero attached hydrogens (tertiary/aromatic N) is 5. The average Bonchev–Trinajstić information content (AvgIpc) is 3.10. The summed E-state index contributed by atoms with van der Waals surface area (Å²) in [7, 11) is 0. The lowest BCUT2D eigenvalue weighted by molar-refractivity contribution is 0.140. The Morgan fingerprint density at radius 2 is 1.76 bits per heavy atom. The molecule has 0 aliphatic carbocycles. The topological polar surface area (TPSA) is 78.9 Å². The molecule has 0 unspecified atom stereocenters. The van der Waals surface area contributed by atoms with E-state index in [1.165, 1.54) is 0 Å². The Kier molecular flexibility index (Phi) is 2.97. The monoisotopic (exact) mass is 283 g/mol. The van der Waals surface area contributed by atoms with Gasteiger partial charge in [0.15, 0.2) is 0 Å². The maximum absolute atomic E-state index is 5.73. The van der Waals surface area contributed by atoms with Gasteiger partial charge in [-0.1, -0.05) is 18.2 Å². The standard InChI is InChI=1S/C14H13N5O2/c1-2-4-10(5-3-1)13-17-18-14(21-13)12-16-15-11-6-8-20-9-7-19(11)12/h1-5H,6-9H2. The third-order valence-electron chi connectivity index (χ3n) is 3.39. The smallest absolute Gasteiger partial charge is 0.286 e. The van der Waals surface area contributed by atoms with E-state index in [1.807, 2.05) is 34.9 Å². The molecule has 0 amide bonds. The molecule has 0 saturated heterocycles. The lowest BCUT2D eigenvalue weighted by atomic mass is 10.2.